The van der Waals surface area contributed by atoms with Gasteiger partial charge in [0.15, 0.2) is 0 Å². The van der Waals surface area contributed by atoms with E-state index in [2.05, 4.69) is 33.0 Å². The number of rotatable bonds is 7. The highest BCUT2D eigenvalue weighted by molar-refractivity contribution is 4.89. The van der Waals surface area contributed by atoms with E-state index in [4.69, 9.17) is 9.47 Å². The molecule has 1 saturated carbocycles. The van der Waals surface area contributed by atoms with Crippen LogP contribution in [-0.2, 0) is 9.47 Å². The van der Waals surface area contributed by atoms with Crippen molar-refractivity contribution in [3.8, 4) is 0 Å². The Morgan fingerprint density at radius 1 is 1.22 bits per heavy atom. The van der Waals surface area contributed by atoms with Gasteiger partial charge >= 0.3 is 0 Å². The van der Waals surface area contributed by atoms with E-state index in [0.717, 1.165) is 19.1 Å². The lowest BCUT2D eigenvalue weighted by atomic mass is 9.78. The standard InChI is InChI=1S/C15H31NO2/c1-6-16-14-9-11(3)8-12(4)15(14)18-13(5)10-17-7-2/h11-16H,6-10H2,1-5H3. The van der Waals surface area contributed by atoms with E-state index in [0.29, 0.717) is 24.7 Å². The molecule has 0 heterocycles. The smallest absolute Gasteiger partial charge is 0.0785 e. The molecular formula is C15H31NO2. The minimum atomic E-state index is 0.187. The highest BCUT2D eigenvalue weighted by Crippen LogP contribution is 2.31. The predicted molar refractivity (Wildman–Crippen MR) is 75.9 cm³/mol. The van der Waals surface area contributed by atoms with Crippen molar-refractivity contribution in [2.75, 3.05) is 19.8 Å². The number of hydrogen-bond donors (Lipinski definition) is 1. The van der Waals surface area contributed by atoms with Gasteiger partial charge in [-0.25, -0.2) is 0 Å². The molecule has 5 unspecified atom stereocenters. The van der Waals surface area contributed by atoms with Crippen molar-refractivity contribution in [1.29, 1.82) is 0 Å². The molecule has 1 rings (SSSR count). The maximum absolute atomic E-state index is 6.23. The molecule has 0 saturated heterocycles. The van der Waals surface area contributed by atoms with Crippen LogP contribution in [-0.4, -0.2) is 38.0 Å². The molecule has 18 heavy (non-hydrogen) atoms. The summed E-state index contributed by atoms with van der Waals surface area (Å²) in [6.07, 6.45) is 3.02. The Kier molecular flexibility index (Phi) is 7.20. The fraction of sp³-hybridized carbons (Fsp3) is 1.00. The lowest BCUT2D eigenvalue weighted by Gasteiger charge is -2.41. The molecule has 3 heteroatoms. The summed E-state index contributed by atoms with van der Waals surface area (Å²) in [6.45, 7) is 13.5. The van der Waals surface area contributed by atoms with Crippen LogP contribution in [0.3, 0.4) is 0 Å². The molecular weight excluding hydrogens is 226 g/mol. The summed E-state index contributed by atoms with van der Waals surface area (Å²) in [6, 6.07) is 0.498. The first kappa shape index (κ1) is 15.9. The number of ether oxygens (including phenoxy) is 2. The van der Waals surface area contributed by atoms with Gasteiger partial charge in [0.1, 0.15) is 0 Å². The van der Waals surface area contributed by atoms with Crippen LogP contribution in [0.25, 0.3) is 0 Å². The van der Waals surface area contributed by atoms with E-state index in [-0.39, 0.29) is 6.10 Å². The Morgan fingerprint density at radius 3 is 2.56 bits per heavy atom. The number of nitrogens with one attached hydrogen (secondary N) is 1. The summed E-state index contributed by atoms with van der Waals surface area (Å²) < 4.78 is 11.7. The average molecular weight is 257 g/mol. The van der Waals surface area contributed by atoms with Gasteiger partial charge in [-0.3, -0.25) is 0 Å². The van der Waals surface area contributed by atoms with Crippen molar-refractivity contribution in [2.45, 2.75) is 65.7 Å². The average Bonchev–Trinajstić information content (AvgIpc) is 2.31. The van der Waals surface area contributed by atoms with Crippen LogP contribution in [0.1, 0.15) is 47.5 Å². The third-order valence-corrected chi connectivity index (χ3v) is 3.80. The summed E-state index contributed by atoms with van der Waals surface area (Å²) in [5.41, 5.74) is 0. The highest BCUT2D eigenvalue weighted by atomic mass is 16.5. The lowest BCUT2D eigenvalue weighted by molar-refractivity contribution is -0.0965. The number of hydrogen-bond acceptors (Lipinski definition) is 3. The maximum Gasteiger partial charge on any atom is 0.0785 e. The van der Waals surface area contributed by atoms with Gasteiger partial charge in [0, 0.05) is 12.6 Å². The quantitative estimate of drug-likeness (QED) is 0.761. The van der Waals surface area contributed by atoms with Gasteiger partial charge in [-0.15, -0.1) is 0 Å². The summed E-state index contributed by atoms with van der Waals surface area (Å²) in [4.78, 5) is 0. The molecule has 1 N–H and O–H groups in total. The van der Waals surface area contributed by atoms with Crippen LogP contribution in [0.4, 0.5) is 0 Å². The SMILES string of the molecule is CCNC1CC(C)CC(C)C1OC(C)COCC. The van der Waals surface area contributed by atoms with Crippen LogP contribution < -0.4 is 5.32 Å². The summed E-state index contributed by atoms with van der Waals surface area (Å²) in [5, 5.41) is 3.59. The van der Waals surface area contributed by atoms with Crippen LogP contribution >= 0.6 is 0 Å². The molecule has 0 bridgehead atoms. The van der Waals surface area contributed by atoms with Gasteiger partial charge in [-0.05, 0) is 45.1 Å². The second kappa shape index (κ2) is 8.13. The van der Waals surface area contributed by atoms with Gasteiger partial charge in [-0.2, -0.15) is 0 Å². The van der Waals surface area contributed by atoms with E-state index in [1.54, 1.807) is 0 Å². The van der Waals surface area contributed by atoms with Crippen molar-refractivity contribution < 1.29 is 9.47 Å². The van der Waals surface area contributed by atoms with Crippen LogP contribution in [0.15, 0.2) is 0 Å². The maximum atomic E-state index is 6.23. The highest BCUT2D eigenvalue weighted by Gasteiger charge is 2.35. The molecule has 1 aliphatic rings. The van der Waals surface area contributed by atoms with Crippen molar-refractivity contribution in [1.82, 2.24) is 5.32 Å². The molecule has 0 radical (unpaired) electrons. The molecule has 0 amide bonds. The molecule has 5 atom stereocenters. The molecule has 3 nitrogen and oxygen atoms in total. The van der Waals surface area contributed by atoms with E-state index in [1.807, 2.05) is 6.92 Å². The van der Waals surface area contributed by atoms with Gasteiger partial charge in [0.05, 0.1) is 18.8 Å². The Bertz CT molecular complexity index is 223. The van der Waals surface area contributed by atoms with E-state index in [9.17, 15) is 0 Å². The molecule has 1 fully saturated rings. The molecule has 0 aromatic rings. The zero-order valence-electron chi connectivity index (χ0n) is 12.7. The van der Waals surface area contributed by atoms with Crippen LogP contribution in [0.2, 0.25) is 0 Å². The van der Waals surface area contributed by atoms with Gasteiger partial charge < -0.3 is 14.8 Å². The lowest BCUT2D eigenvalue weighted by Crippen LogP contribution is -2.50. The molecule has 0 aromatic heterocycles. The van der Waals surface area contributed by atoms with Gasteiger partial charge in [-0.1, -0.05) is 20.8 Å². The van der Waals surface area contributed by atoms with Crippen molar-refractivity contribution >= 4 is 0 Å². The van der Waals surface area contributed by atoms with Gasteiger partial charge in [0.2, 0.25) is 0 Å². The fourth-order valence-electron chi connectivity index (χ4n) is 3.11. The fourth-order valence-corrected chi connectivity index (χ4v) is 3.11. The monoisotopic (exact) mass is 257 g/mol. The second-order valence-corrected chi connectivity index (χ2v) is 5.79. The first-order valence-electron chi connectivity index (χ1n) is 7.55. The normalized spacial score (nSPS) is 34.5. The van der Waals surface area contributed by atoms with Crippen molar-refractivity contribution in [3.63, 3.8) is 0 Å². The zero-order chi connectivity index (χ0) is 13.5. The van der Waals surface area contributed by atoms with Crippen molar-refractivity contribution in [3.05, 3.63) is 0 Å². The van der Waals surface area contributed by atoms with Crippen LogP contribution in [0, 0.1) is 11.8 Å². The third kappa shape index (κ3) is 4.87. The molecule has 0 spiro atoms. The molecule has 0 aromatic carbocycles. The zero-order valence-corrected chi connectivity index (χ0v) is 12.7. The van der Waals surface area contributed by atoms with E-state index in [1.165, 1.54) is 12.8 Å². The van der Waals surface area contributed by atoms with E-state index >= 15 is 0 Å². The van der Waals surface area contributed by atoms with Gasteiger partial charge in [0.25, 0.3) is 0 Å². The van der Waals surface area contributed by atoms with E-state index < -0.39 is 0 Å². The first-order valence-corrected chi connectivity index (χ1v) is 7.55. The predicted octanol–water partition coefficient (Wildman–Crippen LogP) is 2.84. The molecule has 108 valence electrons. The topological polar surface area (TPSA) is 30.5 Å². The second-order valence-electron chi connectivity index (χ2n) is 5.79. The largest absolute Gasteiger partial charge is 0.379 e. The summed E-state index contributed by atoms with van der Waals surface area (Å²) in [5.74, 6) is 1.42. The Morgan fingerprint density at radius 2 is 1.94 bits per heavy atom. The summed E-state index contributed by atoms with van der Waals surface area (Å²) in [7, 11) is 0. The molecule has 1 aliphatic carbocycles. The first-order chi connectivity index (χ1) is 8.58. The minimum Gasteiger partial charge on any atom is -0.379 e. The Labute approximate surface area is 113 Å². The van der Waals surface area contributed by atoms with Crippen LogP contribution in [0.5, 0.6) is 0 Å². The minimum absolute atomic E-state index is 0.187. The molecule has 0 aliphatic heterocycles. The third-order valence-electron chi connectivity index (χ3n) is 3.80. The Hall–Kier alpha value is -0.120. The number of likely N-dealkylation sites (N-methyl/N-ethyl adjacent to an activating group) is 1. The summed E-state index contributed by atoms with van der Waals surface area (Å²) >= 11 is 0. The Balaban J connectivity index is 2.51. The van der Waals surface area contributed by atoms with Crippen molar-refractivity contribution in [2.24, 2.45) is 11.8 Å².